The zero-order chi connectivity index (χ0) is 22.2. The maximum atomic E-state index is 13.7. The van der Waals surface area contributed by atoms with E-state index in [0.29, 0.717) is 29.1 Å². The third kappa shape index (κ3) is 3.90. The van der Waals surface area contributed by atoms with Gasteiger partial charge in [-0.2, -0.15) is 5.10 Å². The fourth-order valence-electron chi connectivity index (χ4n) is 4.32. The number of aryl methyl sites for hydroxylation is 2. The number of fused-ring (bicyclic) bond motifs is 1. The molecule has 0 spiro atoms. The van der Waals surface area contributed by atoms with Crippen molar-refractivity contribution in [3.63, 3.8) is 0 Å². The molecule has 1 heterocycles. The minimum absolute atomic E-state index is 0.144. The monoisotopic (exact) mass is 437 g/mol. The van der Waals surface area contributed by atoms with Crippen molar-refractivity contribution in [1.82, 2.24) is 10.2 Å². The number of rotatable bonds is 5. The van der Waals surface area contributed by atoms with E-state index in [0.717, 1.165) is 42.4 Å². The van der Waals surface area contributed by atoms with Crippen molar-refractivity contribution in [2.75, 3.05) is 10.8 Å². The van der Waals surface area contributed by atoms with Crippen molar-refractivity contribution < 1.29 is 8.42 Å². The average Bonchev–Trinajstić information content (AvgIpc) is 2.75. The van der Waals surface area contributed by atoms with E-state index in [1.54, 1.807) is 13.0 Å². The van der Waals surface area contributed by atoms with Crippen LogP contribution in [0.5, 0.6) is 0 Å². The second-order valence-electron chi connectivity index (χ2n) is 8.05. The lowest BCUT2D eigenvalue weighted by Crippen LogP contribution is -2.31. The summed E-state index contributed by atoms with van der Waals surface area (Å²) < 4.78 is 28.8. The molecule has 6 nitrogen and oxygen atoms in total. The molecular weight excluding hydrogens is 410 g/mol. The van der Waals surface area contributed by atoms with E-state index in [1.165, 1.54) is 4.31 Å². The van der Waals surface area contributed by atoms with Crippen LogP contribution >= 0.6 is 0 Å². The van der Waals surface area contributed by atoms with E-state index < -0.39 is 10.0 Å². The molecule has 4 rings (SSSR count). The summed E-state index contributed by atoms with van der Waals surface area (Å²) in [7, 11) is -3.78. The van der Waals surface area contributed by atoms with Gasteiger partial charge >= 0.3 is 0 Å². The first-order chi connectivity index (χ1) is 14.8. The first-order valence-corrected chi connectivity index (χ1v) is 12.1. The van der Waals surface area contributed by atoms with Gasteiger partial charge < -0.3 is 0 Å². The number of benzene rings is 2. The van der Waals surface area contributed by atoms with Gasteiger partial charge in [-0.15, -0.1) is 0 Å². The number of aromatic amines is 1. The molecule has 0 fully saturated rings. The fourth-order valence-corrected chi connectivity index (χ4v) is 6.04. The van der Waals surface area contributed by atoms with Crippen LogP contribution in [0.1, 0.15) is 42.0 Å². The van der Waals surface area contributed by atoms with Crippen LogP contribution in [0.2, 0.25) is 0 Å². The first kappa shape index (κ1) is 21.3. The number of aromatic nitrogens is 2. The van der Waals surface area contributed by atoms with Gasteiger partial charge in [0.2, 0.25) is 0 Å². The van der Waals surface area contributed by atoms with E-state index in [2.05, 4.69) is 10.2 Å². The van der Waals surface area contributed by atoms with Crippen LogP contribution in [0.25, 0.3) is 11.3 Å². The minimum atomic E-state index is -3.78. The summed E-state index contributed by atoms with van der Waals surface area (Å²) in [6.45, 7) is 5.90. The summed E-state index contributed by atoms with van der Waals surface area (Å²) in [4.78, 5) is 12.5. The van der Waals surface area contributed by atoms with Gasteiger partial charge in [0.05, 0.1) is 16.3 Å². The molecule has 1 aliphatic rings. The molecule has 7 heteroatoms. The Morgan fingerprint density at radius 2 is 1.77 bits per heavy atom. The van der Waals surface area contributed by atoms with Gasteiger partial charge in [0.25, 0.3) is 15.6 Å². The lowest BCUT2D eigenvalue weighted by atomic mass is 9.90. The van der Waals surface area contributed by atoms with Crippen molar-refractivity contribution in [3.05, 3.63) is 75.1 Å². The number of nitrogens with one attached hydrogen (secondary N) is 1. The standard InChI is InChI=1S/C24H27N3O3S/c1-4-27(19-9-7-8-16(2)14-19)31(29,30)22-15-18(13-12-17(22)3)23-20-10-5-6-11-21(20)24(28)26-25-23/h7-9,12-15H,4-6,10-11H2,1-3H3,(H,26,28). The quantitative estimate of drug-likeness (QED) is 0.650. The Kier molecular flexibility index (Phi) is 5.71. The van der Waals surface area contributed by atoms with Gasteiger partial charge in [-0.3, -0.25) is 9.10 Å². The van der Waals surface area contributed by atoms with Gasteiger partial charge in [0, 0.05) is 17.7 Å². The van der Waals surface area contributed by atoms with Gasteiger partial charge in [-0.1, -0.05) is 24.3 Å². The average molecular weight is 438 g/mol. The maximum Gasteiger partial charge on any atom is 0.267 e. The Bertz CT molecular complexity index is 1300. The molecule has 0 unspecified atom stereocenters. The lowest BCUT2D eigenvalue weighted by molar-refractivity contribution is 0.591. The first-order valence-electron chi connectivity index (χ1n) is 10.6. The smallest absolute Gasteiger partial charge is 0.267 e. The van der Waals surface area contributed by atoms with E-state index in [4.69, 9.17) is 0 Å². The van der Waals surface area contributed by atoms with E-state index in [9.17, 15) is 13.2 Å². The van der Waals surface area contributed by atoms with Crippen LogP contribution in [-0.2, 0) is 22.9 Å². The van der Waals surface area contributed by atoms with E-state index in [-0.39, 0.29) is 10.5 Å². The van der Waals surface area contributed by atoms with Gasteiger partial charge in [-0.25, -0.2) is 13.5 Å². The molecule has 0 bridgehead atoms. The SMILES string of the molecule is CCN(c1cccc(C)c1)S(=O)(=O)c1cc(-c2n[nH]c(=O)c3c2CCCC3)ccc1C. The maximum absolute atomic E-state index is 13.7. The highest BCUT2D eigenvalue weighted by Gasteiger charge is 2.27. The molecule has 0 saturated carbocycles. The van der Waals surface area contributed by atoms with Crippen molar-refractivity contribution in [2.45, 2.75) is 51.3 Å². The molecule has 1 N–H and O–H groups in total. The summed E-state index contributed by atoms with van der Waals surface area (Å²) >= 11 is 0. The third-order valence-electron chi connectivity index (χ3n) is 5.90. The Labute approximate surface area is 183 Å². The molecule has 31 heavy (non-hydrogen) atoms. The zero-order valence-corrected chi connectivity index (χ0v) is 18.9. The molecule has 0 atom stereocenters. The highest BCUT2D eigenvalue weighted by atomic mass is 32.2. The Morgan fingerprint density at radius 3 is 2.48 bits per heavy atom. The molecule has 0 saturated heterocycles. The van der Waals surface area contributed by atoms with Gasteiger partial charge in [0.1, 0.15) is 0 Å². The predicted molar refractivity (Wildman–Crippen MR) is 123 cm³/mol. The third-order valence-corrected chi connectivity index (χ3v) is 7.95. The molecule has 162 valence electrons. The number of nitrogens with zero attached hydrogens (tertiary/aromatic N) is 2. The van der Waals surface area contributed by atoms with Crippen molar-refractivity contribution in [2.24, 2.45) is 0 Å². The van der Waals surface area contributed by atoms with Crippen LogP contribution in [0.4, 0.5) is 5.69 Å². The van der Waals surface area contributed by atoms with E-state index >= 15 is 0 Å². The minimum Gasteiger partial charge on any atom is -0.268 e. The van der Waals surface area contributed by atoms with Crippen LogP contribution < -0.4 is 9.86 Å². The van der Waals surface area contributed by atoms with Crippen molar-refractivity contribution in [1.29, 1.82) is 0 Å². The van der Waals surface area contributed by atoms with Crippen molar-refractivity contribution in [3.8, 4) is 11.3 Å². The molecule has 3 aromatic rings. The number of H-pyrrole nitrogens is 1. The van der Waals surface area contributed by atoms with E-state index in [1.807, 2.05) is 50.2 Å². The Hall–Kier alpha value is -2.93. The van der Waals surface area contributed by atoms with Gasteiger partial charge in [-0.05, 0) is 81.3 Å². The largest absolute Gasteiger partial charge is 0.268 e. The summed E-state index contributed by atoms with van der Waals surface area (Å²) in [5, 5.41) is 6.90. The van der Waals surface area contributed by atoms with Crippen LogP contribution in [-0.4, -0.2) is 25.2 Å². The number of sulfonamides is 1. The molecule has 0 radical (unpaired) electrons. The lowest BCUT2D eigenvalue weighted by Gasteiger charge is -2.25. The second kappa shape index (κ2) is 8.30. The molecule has 0 aliphatic heterocycles. The summed E-state index contributed by atoms with van der Waals surface area (Å²) in [6.07, 6.45) is 3.49. The van der Waals surface area contributed by atoms with Crippen molar-refractivity contribution >= 4 is 15.7 Å². The second-order valence-corrected chi connectivity index (χ2v) is 9.89. The fraction of sp³-hybridized carbons (Fsp3) is 0.333. The highest BCUT2D eigenvalue weighted by Crippen LogP contribution is 2.32. The number of hydrogen-bond donors (Lipinski definition) is 1. The number of hydrogen-bond acceptors (Lipinski definition) is 4. The van der Waals surface area contributed by atoms with Gasteiger partial charge in [0.15, 0.2) is 0 Å². The molecular formula is C24H27N3O3S. The highest BCUT2D eigenvalue weighted by molar-refractivity contribution is 7.92. The molecule has 1 aliphatic carbocycles. The number of anilines is 1. The van der Waals surface area contributed by atoms with Crippen LogP contribution in [0.3, 0.4) is 0 Å². The Morgan fingerprint density at radius 1 is 1.03 bits per heavy atom. The normalized spacial score (nSPS) is 13.6. The molecule has 0 amide bonds. The topological polar surface area (TPSA) is 83.1 Å². The summed E-state index contributed by atoms with van der Waals surface area (Å²) in [5.74, 6) is 0. The van der Waals surface area contributed by atoms with Crippen LogP contribution in [0.15, 0.2) is 52.2 Å². The summed E-state index contributed by atoms with van der Waals surface area (Å²) in [5.41, 5.74) is 5.27. The molecule has 2 aromatic carbocycles. The summed E-state index contributed by atoms with van der Waals surface area (Å²) in [6, 6.07) is 12.9. The van der Waals surface area contributed by atoms with Crippen LogP contribution in [0, 0.1) is 13.8 Å². The molecule has 1 aromatic heterocycles. The Balaban J connectivity index is 1.85. The zero-order valence-electron chi connectivity index (χ0n) is 18.1. The predicted octanol–water partition coefficient (Wildman–Crippen LogP) is 4.15.